The number of halogens is 1. The van der Waals surface area contributed by atoms with E-state index in [1.165, 1.54) is 18.1 Å². The smallest absolute Gasteiger partial charge is 0.355 e. The summed E-state index contributed by atoms with van der Waals surface area (Å²) in [5.74, 6) is 1.48. The Balaban J connectivity index is 1.60. The zero-order valence-corrected chi connectivity index (χ0v) is 17.9. The van der Waals surface area contributed by atoms with E-state index in [0.717, 1.165) is 16.9 Å². The Kier molecular flexibility index (Phi) is 5.78. The summed E-state index contributed by atoms with van der Waals surface area (Å²) < 4.78 is 17.6. The van der Waals surface area contributed by atoms with E-state index in [-0.39, 0.29) is 18.5 Å². The summed E-state index contributed by atoms with van der Waals surface area (Å²) in [5.41, 5.74) is 1.89. The highest BCUT2D eigenvalue weighted by atomic mass is 35.5. The number of carbonyl (C=O) groups is 1. The second kappa shape index (κ2) is 8.49. The van der Waals surface area contributed by atoms with E-state index >= 15 is 0 Å². The minimum atomic E-state index is -1.05. The van der Waals surface area contributed by atoms with E-state index in [4.69, 9.17) is 25.8 Å². The van der Waals surface area contributed by atoms with Crippen LogP contribution in [0.15, 0.2) is 47.8 Å². The molecule has 156 valence electrons. The normalized spacial score (nSPS) is 13.3. The predicted molar refractivity (Wildman–Crippen MR) is 113 cm³/mol. The highest BCUT2D eigenvalue weighted by Crippen LogP contribution is 2.40. The number of imidazole rings is 1. The fourth-order valence-corrected chi connectivity index (χ4v) is 4.48. The Labute approximate surface area is 182 Å². The lowest BCUT2D eigenvalue weighted by atomic mass is 10.1. The molecule has 4 rings (SSSR count). The molecule has 0 saturated carbocycles. The molecule has 30 heavy (non-hydrogen) atoms. The van der Waals surface area contributed by atoms with Gasteiger partial charge in [-0.3, -0.25) is 0 Å². The molecule has 0 radical (unpaired) electrons. The number of hydrogen-bond acceptors (Lipinski definition) is 6. The van der Waals surface area contributed by atoms with E-state index < -0.39 is 5.97 Å². The Morgan fingerprint density at radius 2 is 2.00 bits per heavy atom. The van der Waals surface area contributed by atoms with Crippen molar-refractivity contribution in [1.29, 1.82) is 0 Å². The van der Waals surface area contributed by atoms with E-state index in [1.807, 2.05) is 31.2 Å². The number of carboxylic acid groups (broad SMARTS) is 1. The largest absolute Gasteiger partial charge is 0.497 e. The molecule has 1 N–H and O–H groups in total. The van der Waals surface area contributed by atoms with Gasteiger partial charge < -0.3 is 23.9 Å². The first-order valence-corrected chi connectivity index (χ1v) is 10.5. The molecule has 0 amide bonds. The van der Waals surface area contributed by atoms with Gasteiger partial charge in [-0.25, -0.2) is 9.78 Å². The zero-order valence-electron chi connectivity index (χ0n) is 16.3. The first-order valence-electron chi connectivity index (χ1n) is 9.12. The van der Waals surface area contributed by atoms with Crippen LogP contribution < -0.4 is 14.2 Å². The van der Waals surface area contributed by atoms with Gasteiger partial charge in [-0.1, -0.05) is 35.5 Å². The number of nitrogens with zero attached hydrogens (tertiary/aromatic N) is 2. The topological polar surface area (TPSA) is 82.8 Å². The first-order chi connectivity index (χ1) is 14.5. The van der Waals surface area contributed by atoms with Gasteiger partial charge in [0.25, 0.3) is 0 Å². The molecule has 1 unspecified atom stereocenters. The molecular weight excluding hydrogens is 428 g/mol. The van der Waals surface area contributed by atoms with Gasteiger partial charge in [0.2, 0.25) is 6.79 Å². The number of fused-ring (bicyclic) bond motifs is 1. The van der Waals surface area contributed by atoms with Crippen LogP contribution in [-0.2, 0) is 5.75 Å². The van der Waals surface area contributed by atoms with Crippen molar-refractivity contribution in [2.24, 2.45) is 0 Å². The van der Waals surface area contributed by atoms with E-state index in [1.54, 1.807) is 23.8 Å². The van der Waals surface area contributed by atoms with Crippen molar-refractivity contribution < 1.29 is 24.1 Å². The van der Waals surface area contributed by atoms with Crippen LogP contribution in [0.4, 0.5) is 0 Å². The van der Waals surface area contributed by atoms with Crippen LogP contribution in [0.25, 0.3) is 0 Å². The Morgan fingerprint density at radius 1 is 1.30 bits per heavy atom. The van der Waals surface area contributed by atoms with Crippen molar-refractivity contribution in [3.05, 3.63) is 64.6 Å². The van der Waals surface area contributed by atoms with Gasteiger partial charge in [0.1, 0.15) is 10.8 Å². The van der Waals surface area contributed by atoms with Gasteiger partial charge in [0.05, 0.1) is 19.5 Å². The third-order valence-electron chi connectivity index (χ3n) is 4.86. The van der Waals surface area contributed by atoms with Crippen LogP contribution in [0, 0.1) is 0 Å². The fourth-order valence-electron chi connectivity index (χ4n) is 3.22. The molecule has 1 aliphatic heterocycles. The maximum absolute atomic E-state index is 12.0. The maximum atomic E-state index is 12.0. The molecule has 1 atom stereocenters. The molecule has 2 heterocycles. The molecule has 1 aromatic heterocycles. The lowest BCUT2D eigenvalue weighted by molar-refractivity contribution is 0.0679. The molecular formula is C21H19ClN2O5S. The predicted octanol–water partition coefficient (Wildman–Crippen LogP) is 4.87. The summed E-state index contributed by atoms with van der Waals surface area (Å²) in [6.07, 6.45) is 1.53. The summed E-state index contributed by atoms with van der Waals surface area (Å²) in [6.45, 7) is 2.01. The summed E-state index contributed by atoms with van der Waals surface area (Å²) in [4.78, 5) is 16.4. The van der Waals surface area contributed by atoms with Crippen LogP contribution in [0.3, 0.4) is 0 Å². The summed E-state index contributed by atoms with van der Waals surface area (Å²) in [7, 11) is 1.61. The number of aromatic nitrogens is 2. The summed E-state index contributed by atoms with van der Waals surface area (Å²) >= 11 is 7.79. The third kappa shape index (κ3) is 3.93. The van der Waals surface area contributed by atoms with Gasteiger partial charge in [0, 0.05) is 16.8 Å². The number of hydrogen-bond donors (Lipinski definition) is 1. The molecule has 7 nitrogen and oxygen atoms in total. The Hall–Kier alpha value is -2.84. The van der Waals surface area contributed by atoms with Crippen molar-refractivity contribution >= 4 is 29.3 Å². The van der Waals surface area contributed by atoms with Crippen LogP contribution in [-0.4, -0.2) is 34.5 Å². The molecule has 0 saturated heterocycles. The molecule has 2 aromatic carbocycles. The fraction of sp³-hybridized carbons (Fsp3) is 0.238. The van der Waals surface area contributed by atoms with Gasteiger partial charge in [-0.05, 0) is 36.2 Å². The lowest BCUT2D eigenvalue weighted by Gasteiger charge is -2.18. The van der Waals surface area contributed by atoms with E-state index in [2.05, 4.69) is 4.98 Å². The molecule has 0 bridgehead atoms. The Morgan fingerprint density at radius 3 is 2.67 bits per heavy atom. The Bertz CT molecular complexity index is 1080. The zero-order chi connectivity index (χ0) is 21.3. The number of ether oxygens (including phenoxy) is 3. The van der Waals surface area contributed by atoms with Crippen molar-refractivity contribution in [2.75, 3.05) is 13.9 Å². The minimum Gasteiger partial charge on any atom is -0.497 e. The molecule has 0 aliphatic carbocycles. The van der Waals surface area contributed by atoms with Gasteiger partial charge in [-0.15, -0.1) is 0 Å². The highest BCUT2D eigenvalue weighted by molar-refractivity contribution is 7.98. The van der Waals surface area contributed by atoms with Crippen molar-refractivity contribution in [3.63, 3.8) is 0 Å². The number of methoxy groups -OCH3 is 1. The number of aromatic carboxylic acids is 1. The molecule has 0 spiro atoms. The lowest BCUT2D eigenvalue weighted by Crippen LogP contribution is -2.14. The van der Waals surface area contributed by atoms with Crippen LogP contribution in [0.1, 0.15) is 34.6 Å². The number of benzene rings is 2. The van der Waals surface area contributed by atoms with Gasteiger partial charge in [0.15, 0.2) is 17.2 Å². The van der Waals surface area contributed by atoms with Gasteiger partial charge >= 0.3 is 5.97 Å². The second-order valence-corrected chi connectivity index (χ2v) is 8.02. The minimum absolute atomic E-state index is 0.120. The van der Waals surface area contributed by atoms with E-state index in [9.17, 15) is 9.90 Å². The number of thioether (sulfide) groups is 1. The average Bonchev–Trinajstić information content (AvgIpc) is 3.38. The second-order valence-electron chi connectivity index (χ2n) is 6.65. The maximum Gasteiger partial charge on any atom is 0.355 e. The van der Waals surface area contributed by atoms with E-state index in [0.29, 0.717) is 27.3 Å². The standard InChI is InChI=1S/C21H19ClN2O5S/c1-12(15-7-17-18(8-16(15)22)29-11-28-17)24-10-23-20(19(24)21(25)26)30-9-13-3-5-14(27-2)6-4-13/h3-8,10,12H,9,11H2,1-2H3,(H,25,26). The third-order valence-corrected chi connectivity index (χ3v) is 6.23. The number of rotatable bonds is 7. The van der Waals surface area contributed by atoms with Crippen LogP contribution in [0.2, 0.25) is 5.02 Å². The molecule has 0 fully saturated rings. The summed E-state index contributed by atoms with van der Waals surface area (Å²) in [6, 6.07) is 10.7. The highest BCUT2D eigenvalue weighted by Gasteiger charge is 2.25. The number of carboxylic acids is 1. The first kappa shape index (κ1) is 20.4. The molecule has 1 aliphatic rings. The summed E-state index contributed by atoms with van der Waals surface area (Å²) in [5, 5.41) is 10.8. The van der Waals surface area contributed by atoms with Gasteiger partial charge in [-0.2, -0.15) is 0 Å². The van der Waals surface area contributed by atoms with Crippen molar-refractivity contribution in [1.82, 2.24) is 9.55 Å². The molecule has 9 heteroatoms. The van der Waals surface area contributed by atoms with Crippen molar-refractivity contribution in [2.45, 2.75) is 23.7 Å². The quantitative estimate of drug-likeness (QED) is 0.518. The average molecular weight is 447 g/mol. The monoisotopic (exact) mass is 446 g/mol. The SMILES string of the molecule is COc1ccc(CSc2ncn(C(C)c3cc4c(cc3Cl)OCO4)c2C(=O)O)cc1. The molecule has 3 aromatic rings. The van der Waals surface area contributed by atoms with Crippen LogP contribution in [0.5, 0.6) is 17.2 Å². The van der Waals surface area contributed by atoms with Crippen molar-refractivity contribution in [3.8, 4) is 17.2 Å². The van der Waals surface area contributed by atoms with Crippen LogP contribution >= 0.6 is 23.4 Å².